The molecule has 0 fully saturated rings. The Bertz CT molecular complexity index is 825. The molecule has 6 heteroatoms. The molecular weight excluding hydrogens is 292 g/mol. The largest absolute Gasteiger partial charge is 0.497 e. The van der Waals surface area contributed by atoms with E-state index in [1.165, 1.54) is 6.92 Å². The molecule has 2 aromatic carbocycles. The maximum absolute atomic E-state index is 11.1. The maximum atomic E-state index is 11.1. The highest BCUT2D eigenvalue weighted by atomic mass is 16.5. The van der Waals surface area contributed by atoms with Crippen LogP contribution < -0.4 is 10.1 Å². The van der Waals surface area contributed by atoms with Crippen LogP contribution in [0.15, 0.2) is 54.7 Å². The first-order valence-electron chi connectivity index (χ1n) is 7.10. The van der Waals surface area contributed by atoms with Crippen LogP contribution in [0.4, 0.5) is 5.69 Å². The second-order valence-corrected chi connectivity index (χ2v) is 5.01. The first-order chi connectivity index (χ1) is 11.2. The first-order valence-corrected chi connectivity index (χ1v) is 7.10. The third-order valence-electron chi connectivity index (χ3n) is 3.31. The van der Waals surface area contributed by atoms with Gasteiger partial charge in [-0.15, -0.1) is 5.10 Å². The fourth-order valence-electron chi connectivity index (χ4n) is 2.21. The first kappa shape index (κ1) is 14.8. The highest BCUT2D eigenvalue weighted by Gasteiger charge is 2.06. The number of ether oxygens (including phenoxy) is 1. The Labute approximate surface area is 133 Å². The van der Waals surface area contributed by atoms with E-state index in [9.17, 15) is 4.79 Å². The summed E-state index contributed by atoms with van der Waals surface area (Å²) in [5, 5.41) is 11.1. The standard InChI is InChI=1S/C17H16N4O2/c1-12(22)18-14-4-3-5-15(10-14)21-11-17(19-20-21)13-6-8-16(23-2)9-7-13/h3-11H,1-2H3,(H,18,22). The van der Waals surface area contributed by atoms with Gasteiger partial charge in [-0.3, -0.25) is 4.79 Å². The average Bonchev–Trinajstić information content (AvgIpc) is 3.04. The van der Waals surface area contributed by atoms with E-state index in [1.54, 1.807) is 11.8 Å². The minimum atomic E-state index is -0.111. The normalized spacial score (nSPS) is 10.3. The smallest absolute Gasteiger partial charge is 0.221 e. The zero-order valence-corrected chi connectivity index (χ0v) is 12.9. The van der Waals surface area contributed by atoms with Gasteiger partial charge in [0.2, 0.25) is 5.91 Å². The SMILES string of the molecule is COc1ccc(-c2cn(-c3cccc(NC(C)=O)c3)nn2)cc1. The van der Waals surface area contributed by atoms with Gasteiger partial charge >= 0.3 is 0 Å². The Morgan fingerprint density at radius 2 is 1.96 bits per heavy atom. The third-order valence-corrected chi connectivity index (χ3v) is 3.31. The molecule has 1 heterocycles. The van der Waals surface area contributed by atoms with Crippen molar-refractivity contribution < 1.29 is 9.53 Å². The highest BCUT2D eigenvalue weighted by molar-refractivity contribution is 5.88. The number of methoxy groups -OCH3 is 1. The zero-order chi connectivity index (χ0) is 16.2. The van der Waals surface area contributed by atoms with Crippen LogP contribution in [0.2, 0.25) is 0 Å². The summed E-state index contributed by atoms with van der Waals surface area (Å²) in [5.74, 6) is 0.684. The Kier molecular flexibility index (Phi) is 4.05. The molecule has 1 aromatic heterocycles. The molecule has 0 spiro atoms. The fourth-order valence-corrected chi connectivity index (χ4v) is 2.21. The summed E-state index contributed by atoms with van der Waals surface area (Å²) in [6.45, 7) is 1.48. The van der Waals surface area contributed by atoms with Crippen molar-refractivity contribution in [2.24, 2.45) is 0 Å². The Balaban J connectivity index is 1.87. The van der Waals surface area contributed by atoms with Gasteiger partial charge in [0, 0.05) is 18.2 Å². The van der Waals surface area contributed by atoms with Crippen molar-refractivity contribution in [1.29, 1.82) is 0 Å². The number of aromatic nitrogens is 3. The van der Waals surface area contributed by atoms with Gasteiger partial charge in [-0.25, -0.2) is 4.68 Å². The van der Waals surface area contributed by atoms with E-state index in [1.807, 2.05) is 54.7 Å². The lowest BCUT2D eigenvalue weighted by molar-refractivity contribution is -0.114. The van der Waals surface area contributed by atoms with Crippen molar-refractivity contribution in [2.75, 3.05) is 12.4 Å². The summed E-state index contributed by atoms with van der Waals surface area (Å²) in [4.78, 5) is 11.1. The van der Waals surface area contributed by atoms with E-state index in [-0.39, 0.29) is 5.91 Å². The Morgan fingerprint density at radius 3 is 2.65 bits per heavy atom. The molecule has 0 aliphatic rings. The molecule has 0 aliphatic heterocycles. The van der Waals surface area contributed by atoms with Gasteiger partial charge in [-0.2, -0.15) is 0 Å². The molecule has 3 aromatic rings. The number of nitrogens with zero attached hydrogens (tertiary/aromatic N) is 3. The molecule has 116 valence electrons. The summed E-state index contributed by atoms with van der Waals surface area (Å²) in [5.41, 5.74) is 3.26. The van der Waals surface area contributed by atoms with Gasteiger partial charge in [-0.05, 0) is 42.5 Å². The second-order valence-electron chi connectivity index (χ2n) is 5.01. The number of amides is 1. The molecule has 0 saturated carbocycles. The van der Waals surface area contributed by atoms with Crippen LogP contribution in [0.25, 0.3) is 16.9 Å². The molecule has 0 atom stereocenters. The second kappa shape index (κ2) is 6.31. The van der Waals surface area contributed by atoms with Crippen LogP contribution in [-0.2, 0) is 4.79 Å². The topological polar surface area (TPSA) is 69.0 Å². The third kappa shape index (κ3) is 3.37. The van der Waals surface area contributed by atoms with Gasteiger partial charge in [0.25, 0.3) is 0 Å². The number of hydrogen-bond donors (Lipinski definition) is 1. The van der Waals surface area contributed by atoms with Crippen molar-refractivity contribution in [3.63, 3.8) is 0 Å². The van der Waals surface area contributed by atoms with E-state index in [0.29, 0.717) is 0 Å². The number of rotatable bonds is 4. The van der Waals surface area contributed by atoms with Crippen LogP contribution in [-0.4, -0.2) is 28.0 Å². The lowest BCUT2D eigenvalue weighted by Crippen LogP contribution is -2.06. The number of anilines is 1. The zero-order valence-electron chi connectivity index (χ0n) is 12.9. The fraction of sp³-hybridized carbons (Fsp3) is 0.118. The van der Waals surface area contributed by atoms with Gasteiger partial charge in [0.05, 0.1) is 19.0 Å². The monoisotopic (exact) mass is 308 g/mol. The molecular formula is C17H16N4O2. The van der Waals surface area contributed by atoms with Gasteiger partial charge < -0.3 is 10.1 Å². The van der Waals surface area contributed by atoms with Crippen molar-refractivity contribution in [1.82, 2.24) is 15.0 Å². The van der Waals surface area contributed by atoms with E-state index < -0.39 is 0 Å². The molecule has 0 bridgehead atoms. The van der Waals surface area contributed by atoms with E-state index in [0.717, 1.165) is 28.4 Å². The van der Waals surface area contributed by atoms with Crippen molar-refractivity contribution >= 4 is 11.6 Å². The highest BCUT2D eigenvalue weighted by Crippen LogP contribution is 2.21. The average molecular weight is 308 g/mol. The summed E-state index contributed by atoms with van der Waals surface area (Å²) < 4.78 is 6.82. The quantitative estimate of drug-likeness (QED) is 0.804. The lowest BCUT2D eigenvalue weighted by Gasteiger charge is -2.05. The van der Waals surface area contributed by atoms with Gasteiger partial charge in [0.1, 0.15) is 11.4 Å². The van der Waals surface area contributed by atoms with Crippen LogP contribution in [0, 0.1) is 0 Å². The predicted octanol–water partition coefficient (Wildman–Crippen LogP) is 2.90. The number of carbonyl (C=O) groups is 1. The molecule has 6 nitrogen and oxygen atoms in total. The van der Waals surface area contributed by atoms with Gasteiger partial charge in [0.15, 0.2) is 0 Å². The van der Waals surface area contributed by atoms with Crippen molar-refractivity contribution in [3.05, 3.63) is 54.7 Å². The lowest BCUT2D eigenvalue weighted by atomic mass is 10.1. The van der Waals surface area contributed by atoms with Crippen molar-refractivity contribution in [3.8, 4) is 22.7 Å². The summed E-state index contributed by atoms with van der Waals surface area (Å²) in [6.07, 6.45) is 1.84. The number of carbonyl (C=O) groups excluding carboxylic acids is 1. The summed E-state index contributed by atoms with van der Waals surface area (Å²) >= 11 is 0. The Hall–Kier alpha value is -3.15. The Morgan fingerprint density at radius 1 is 1.17 bits per heavy atom. The minimum Gasteiger partial charge on any atom is -0.497 e. The summed E-state index contributed by atoms with van der Waals surface area (Å²) in [6, 6.07) is 15.0. The molecule has 3 rings (SSSR count). The van der Waals surface area contributed by atoms with E-state index in [2.05, 4.69) is 15.6 Å². The molecule has 23 heavy (non-hydrogen) atoms. The van der Waals surface area contributed by atoms with Crippen LogP contribution in [0.1, 0.15) is 6.92 Å². The number of hydrogen-bond acceptors (Lipinski definition) is 4. The number of nitrogens with one attached hydrogen (secondary N) is 1. The minimum absolute atomic E-state index is 0.111. The van der Waals surface area contributed by atoms with E-state index in [4.69, 9.17) is 4.74 Å². The number of benzene rings is 2. The van der Waals surface area contributed by atoms with Crippen molar-refractivity contribution in [2.45, 2.75) is 6.92 Å². The van der Waals surface area contributed by atoms with E-state index >= 15 is 0 Å². The van der Waals surface area contributed by atoms with Gasteiger partial charge in [-0.1, -0.05) is 11.3 Å². The summed E-state index contributed by atoms with van der Waals surface area (Å²) in [7, 11) is 1.63. The maximum Gasteiger partial charge on any atom is 0.221 e. The molecule has 1 N–H and O–H groups in total. The van der Waals surface area contributed by atoms with Crippen LogP contribution in [0.3, 0.4) is 0 Å². The molecule has 0 unspecified atom stereocenters. The molecule has 1 amide bonds. The molecule has 0 aliphatic carbocycles. The predicted molar refractivity (Wildman–Crippen MR) is 87.7 cm³/mol. The molecule has 0 radical (unpaired) electrons. The van der Waals surface area contributed by atoms with Crippen LogP contribution in [0.5, 0.6) is 5.75 Å². The molecule has 0 saturated heterocycles. The van der Waals surface area contributed by atoms with Crippen LogP contribution >= 0.6 is 0 Å².